The third-order valence-corrected chi connectivity index (χ3v) is 6.66. The summed E-state index contributed by atoms with van der Waals surface area (Å²) in [7, 11) is 0. The average Bonchev–Trinajstić information content (AvgIpc) is 3.62. The fourth-order valence-electron chi connectivity index (χ4n) is 4.18. The van der Waals surface area contributed by atoms with Crippen LogP contribution in [0.5, 0.6) is 0 Å². The standard InChI is InChI=1S/C27H30ClF3N8O2.CH2O2/c1-4-18-13-19(5-6-20(18)26(40)34-9-12-41-11-7-32)36-24-25-35-14-22(38(25)10-8-33-24)21-15-39(17(3)16(2)28)37-23(21)27(29,30)31;2-1-3/h5-6,8,10,13-15,17H,2,4,7,9,11-12,32H2,1,3H3,(H,33,36)(H,34,40);1H,(H,2,3). The Labute approximate surface area is 255 Å². The van der Waals surface area contributed by atoms with Crippen molar-refractivity contribution in [3.05, 3.63) is 71.4 Å². The molecule has 0 saturated carbocycles. The number of allylic oxidation sites excluding steroid dienone is 1. The van der Waals surface area contributed by atoms with E-state index in [-0.39, 0.29) is 28.7 Å². The zero-order valence-electron chi connectivity index (χ0n) is 23.9. The SMILES string of the molecule is C=C(Cl)C(C)n1cc(-c2cnc3c(Nc4ccc(C(=O)NCCOCCN)c(CC)c4)nccn23)c(C(F)(F)F)n1.O=CO. The summed E-state index contributed by atoms with van der Waals surface area (Å²) in [6, 6.07) is 4.58. The van der Waals surface area contributed by atoms with E-state index in [9.17, 15) is 18.0 Å². The minimum absolute atomic E-state index is 0.146. The summed E-state index contributed by atoms with van der Waals surface area (Å²) in [4.78, 5) is 29.7. The molecular formula is C28H32ClF3N8O4. The molecule has 0 radical (unpaired) electrons. The van der Waals surface area contributed by atoms with Gasteiger partial charge in [-0.3, -0.25) is 18.7 Å². The van der Waals surface area contributed by atoms with E-state index in [4.69, 9.17) is 32.0 Å². The Hall–Kier alpha value is -4.47. The normalized spacial score (nSPS) is 11.9. The fraction of sp³-hybridized carbons (Fsp3) is 0.321. The van der Waals surface area contributed by atoms with Crippen molar-refractivity contribution in [3.63, 3.8) is 0 Å². The minimum Gasteiger partial charge on any atom is -0.483 e. The van der Waals surface area contributed by atoms with Crippen molar-refractivity contribution in [1.82, 2.24) is 29.5 Å². The summed E-state index contributed by atoms with van der Waals surface area (Å²) < 4.78 is 49.7. The van der Waals surface area contributed by atoms with E-state index in [0.717, 1.165) is 10.2 Å². The maximum Gasteiger partial charge on any atom is 0.435 e. The van der Waals surface area contributed by atoms with Crippen molar-refractivity contribution in [2.45, 2.75) is 32.5 Å². The third-order valence-electron chi connectivity index (χ3n) is 6.34. The molecule has 3 aromatic heterocycles. The number of alkyl halides is 3. The lowest BCUT2D eigenvalue weighted by Crippen LogP contribution is -2.28. The Balaban J connectivity index is 0.00000169. The van der Waals surface area contributed by atoms with E-state index >= 15 is 0 Å². The number of nitrogens with two attached hydrogens (primary N) is 1. The van der Waals surface area contributed by atoms with Gasteiger partial charge in [-0.15, -0.1) is 0 Å². The predicted molar refractivity (Wildman–Crippen MR) is 159 cm³/mol. The summed E-state index contributed by atoms with van der Waals surface area (Å²) in [6.45, 7) is 8.43. The van der Waals surface area contributed by atoms with Crippen LogP contribution in [0.2, 0.25) is 0 Å². The molecule has 1 amide bonds. The maximum atomic E-state index is 13.9. The molecule has 0 aliphatic heterocycles. The second-order valence-electron chi connectivity index (χ2n) is 9.22. The van der Waals surface area contributed by atoms with Gasteiger partial charge < -0.3 is 26.2 Å². The van der Waals surface area contributed by atoms with Crippen molar-refractivity contribution in [3.8, 4) is 11.3 Å². The van der Waals surface area contributed by atoms with Gasteiger partial charge in [-0.2, -0.15) is 18.3 Å². The molecule has 44 heavy (non-hydrogen) atoms. The first-order valence-electron chi connectivity index (χ1n) is 13.3. The van der Waals surface area contributed by atoms with Crippen molar-refractivity contribution < 1.29 is 32.6 Å². The number of rotatable bonds is 12. The van der Waals surface area contributed by atoms with Crippen LogP contribution in [0.4, 0.5) is 24.7 Å². The molecule has 0 saturated heterocycles. The maximum absolute atomic E-state index is 13.9. The van der Waals surface area contributed by atoms with Crippen molar-refractivity contribution in [2.24, 2.45) is 5.73 Å². The molecule has 3 heterocycles. The van der Waals surface area contributed by atoms with Gasteiger partial charge in [0.1, 0.15) is 0 Å². The molecule has 16 heteroatoms. The van der Waals surface area contributed by atoms with Crippen LogP contribution in [-0.4, -0.2) is 67.9 Å². The number of fused-ring (bicyclic) bond motifs is 1. The van der Waals surface area contributed by atoms with Crippen LogP contribution in [0.1, 0.15) is 41.5 Å². The molecule has 4 rings (SSSR count). The van der Waals surface area contributed by atoms with E-state index < -0.39 is 17.9 Å². The number of ether oxygens (including phenoxy) is 1. The van der Waals surface area contributed by atoms with Crippen LogP contribution in [0, 0.1) is 0 Å². The second-order valence-corrected chi connectivity index (χ2v) is 9.70. The Morgan fingerprint density at radius 3 is 2.66 bits per heavy atom. The van der Waals surface area contributed by atoms with Gasteiger partial charge in [0.15, 0.2) is 17.2 Å². The molecule has 0 bridgehead atoms. The number of hydrogen-bond acceptors (Lipinski definition) is 8. The van der Waals surface area contributed by atoms with E-state index in [2.05, 4.69) is 32.3 Å². The highest BCUT2D eigenvalue weighted by molar-refractivity contribution is 6.29. The van der Waals surface area contributed by atoms with Crippen LogP contribution in [0.25, 0.3) is 16.9 Å². The number of halogens is 4. The molecule has 0 aliphatic carbocycles. The number of aryl methyl sites for hydroxylation is 1. The quantitative estimate of drug-likeness (QED) is 0.128. The molecule has 4 aromatic rings. The van der Waals surface area contributed by atoms with Gasteiger partial charge in [-0.1, -0.05) is 25.1 Å². The van der Waals surface area contributed by atoms with Gasteiger partial charge in [0.25, 0.3) is 12.4 Å². The first-order valence-corrected chi connectivity index (χ1v) is 13.7. The van der Waals surface area contributed by atoms with Crippen LogP contribution in [-0.2, 0) is 22.1 Å². The smallest absolute Gasteiger partial charge is 0.435 e. The van der Waals surface area contributed by atoms with E-state index in [0.29, 0.717) is 55.4 Å². The highest BCUT2D eigenvalue weighted by Crippen LogP contribution is 2.38. The van der Waals surface area contributed by atoms with Gasteiger partial charge >= 0.3 is 6.18 Å². The summed E-state index contributed by atoms with van der Waals surface area (Å²) in [5.74, 6) is 0.0921. The molecule has 0 aliphatic rings. The molecule has 1 aromatic carbocycles. The summed E-state index contributed by atoms with van der Waals surface area (Å²) >= 11 is 5.94. The first kappa shape index (κ1) is 34.0. The van der Waals surface area contributed by atoms with Gasteiger partial charge in [0.05, 0.1) is 36.7 Å². The van der Waals surface area contributed by atoms with Gasteiger partial charge in [-0.25, -0.2) is 9.97 Å². The molecule has 12 nitrogen and oxygen atoms in total. The highest BCUT2D eigenvalue weighted by atomic mass is 35.5. The fourth-order valence-corrected chi connectivity index (χ4v) is 4.28. The monoisotopic (exact) mass is 636 g/mol. The molecule has 0 fully saturated rings. The number of carbonyl (C=O) groups is 2. The molecular weight excluding hydrogens is 605 g/mol. The topological polar surface area (TPSA) is 162 Å². The number of amides is 1. The molecule has 1 unspecified atom stereocenters. The van der Waals surface area contributed by atoms with Crippen LogP contribution >= 0.6 is 11.6 Å². The number of nitrogens with zero attached hydrogens (tertiary/aromatic N) is 5. The average molecular weight is 637 g/mol. The lowest BCUT2D eigenvalue weighted by atomic mass is 10.0. The summed E-state index contributed by atoms with van der Waals surface area (Å²) in [6.07, 6.45) is 1.46. The van der Waals surface area contributed by atoms with Crippen molar-refractivity contribution in [2.75, 3.05) is 31.6 Å². The Kier molecular flexibility index (Phi) is 11.8. The zero-order valence-corrected chi connectivity index (χ0v) is 24.7. The van der Waals surface area contributed by atoms with Crippen LogP contribution < -0.4 is 16.4 Å². The molecule has 236 valence electrons. The molecule has 5 N–H and O–H groups in total. The molecule has 0 spiro atoms. The van der Waals surface area contributed by atoms with Crippen molar-refractivity contribution >= 4 is 41.1 Å². The summed E-state index contributed by atoms with van der Waals surface area (Å²) in [5, 5.41) is 16.8. The first-order chi connectivity index (χ1) is 21.0. The third kappa shape index (κ3) is 8.12. The number of benzene rings is 1. The number of nitrogens with one attached hydrogen (secondary N) is 2. The van der Waals surface area contributed by atoms with E-state index in [1.54, 1.807) is 19.1 Å². The Morgan fingerprint density at radius 1 is 1.30 bits per heavy atom. The lowest BCUT2D eigenvalue weighted by Gasteiger charge is -2.13. The number of hydrogen-bond donors (Lipinski definition) is 4. The summed E-state index contributed by atoms with van der Waals surface area (Å²) in [5.41, 5.74) is 6.59. The number of aromatic nitrogens is 5. The van der Waals surface area contributed by atoms with E-state index in [1.165, 1.54) is 29.2 Å². The predicted octanol–water partition coefficient (Wildman–Crippen LogP) is 4.64. The van der Waals surface area contributed by atoms with E-state index in [1.807, 2.05) is 13.0 Å². The van der Waals surface area contributed by atoms with Crippen LogP contribution in [0.15, 0.2) is 54.6 Å². The second kappa shape index (κ2) is 15.3. The largest absolute Gasteiger partial charge is 0.483 e. The number of anilines is 2. The number of carbonyl (C=O) groups excluding carboxylic acids is 1. The van der Waals surface area contributed by atoms with Gasteiger partial charge in [0, 0.05) is 48.0 Å². The minimum atomic E-state index is -4.71. The van der Waals surface area contributed by atoms with Gasteiger partial charge in [-0.05, 0) is 37.1 Å². The van der Waals surface area contributed by atoms with Gasteiger partial charge in [0.2, 0.25) is 0 Å². The Morgan fingerprint density at radius 2 is 2.02 bits per heavy atom. The number of carboxylic acid groups (broad SMARTS) is 1. The zero-order chi connectivity index (χ0) is 32.4. The Bertz CT molecular complexity index is 1610. The lowest BCUT2D eigenvalue weighted by molar-refractivity contribution is -0.141. The van der Waals surface area contributed by atoms with Crippen molar-refractivity contribution in [1.29, 1.82) is 0 Å². The van der Waals surface area contributed by atoms with Crippen LogP contribution in [0.3, 0.4) is 0 Å². The molecule has 1 atom stereocenters. The highest BCUT2D eigenvalue weighted by Gasteiger charge is 2.39. The number of imidazole rings is 1.